The van der Waals surface area contributed by atoms with Gasteiger partial charge in [0.05, 0.1) is 24.7 Å². The first-order chi connectivity index (χ1) is 24.7. The zero-order chi connectivity index (χ0) is 39.5. The van der Waals surface area contributed by atoms with Crippen molar-refractivity contribution in [3.63, 3.8) is 0 Å². The number of esters is 1. The quantitative estimate of drug-likeness (QED) is 0.129. The second-order valence-corrected chi connectivity index (χ2v) is 16.3. The number of nitrogens with one attached hydrogen (secondary N) is 1. The molecule has 1 aliphatic carbocycles. The fourth-order valence-corrected chi connectivity index (χ4v) is 7.53. The summed E-state index contributed by atoms with van der Waals surface area (Å²) in [5.74, 6) is -2.50. The molecule has 15 heteroatoms. The van der Waals surface area contributed by atoms with E-state index in [4.69, 9.17) is 30.5 Å². The third-order valence-corrected chi connectivity index (χ3v) is 10.2. The minimum absolute atomic E-state index is 0.0289. The number of amides is 2. The van der Waals surface area contributed by atoms with Crippen molar-refractivity contribution in [1.82, 2.24) is 20.2 Å². The Morgan fingerprint density at radius 3 is 2.42 bits per heavy atom. The lowest BCUT2D eigenvalue weighted by atomic mass is 9.85. The molecule has 2 amide bonds. The van der Waals surface area contributed by atoms with Gasteiger partial charge < -0.3 is 29.2 Å². The predicted molar refractivity (Wildman–Crippen MR) is 194 cm³/mol. The van der Waals surface area contributed by atoms with E-state index in [1.165, 1.54) is 12.0 Å². The van der Waals surface area contributed by atoms with E-state index in [9.17, 15) is 27.6 Å². The Kier molecular flexibility index (Phi) is 12.9. The summed E-state index contributed by atoms with van der Waals surface area (Å²) in [7, 11) is 1.51. The zero-order valence-electron chi connectivity index (χ0n) is 31.8. The summed E-state index contributed by atoms with van der Waals surface area (Å²) in [6.45, 7) is 15.4. The minimum Gasteiger partial charge on any atom is -0.497 e. The standard InChI is InChI=1S/C38H52ClF3N4O7/c1-10-12-13-15-22-16-14-19-37(22,38(40,41)42)53-34(49)45-29(35(3,4)5)32(47)46-21-27(24(11-2)28(46)33(48)52-36(6,7)8)51-31-30(39)43-25-18-17-23(50-9)20-26(25)44-31/h10,17-18,20,22,24,27-29H,1,11-16,19,21H2,2-9H3,(H,45,49)/t22-,24-,27+,28+,29-,37?/m1/s1. The predicted octanol–water partition coefficient (Wildman–Crippen LogP) is 8.22. The van der Waals surface area contributed by atoms with Crippen LogP contribution in [0.25, 0.3) is 11.0 Å². The second kappa shape index (κ2) is 16.3. The molecular formula is C38H52ClF3N4O7. The highest BCUT2D eigenvalue weighted by molar-refractivity contribution is 6.31. The molecule has 1 aromatic heterocycles. The van der Waals surface area contributed by atoms with Crippen LogP contribution in [0.2, 0.25) is 5.15 Å². The summed E-state index contributed by atoms with van der Waals surface area (Å²) in [5.41, 5.74) is -3.73. The number of alkyl carbamates (subject to hydrolysis) is 1. The van der Waals surface area contributed by atoms with Gasteiger partial charge in [0, 0.05) is 17.9 Å². The number of allylic oxidation sites excluding steroid dienone is 1. The van der Waals surface area contributed by atoms with Crippen LogP contribution in [0.4, 0.5) is 18.0 Å². The van der Waals surface area contributed by atoms with E-state index < -0.39 is 70.8 Å². The molecule has 2 fully saturated rings. The molecule has 1 saturated heterocycles. The highest BCUT2D eigenvalue weighted by Gasteiger charge is 2.64. The lowest BCUT2D eigenvalue weighted by Crippen LogP contribution is -2.60. The molecule has 1 N–H and O–H groups in total. The molecule has 6 atom stereocenters. The molecule has 53 heavy (non-hydrogen) atoms. The topological polar surface area (TPSA) is 129 Å². The monoisotopic (exact) mass is 768 g/mol. The van der Waals surface area contributed by atoms with Crippen molar-refractivity contribution in [1.29, 1.82) is 0 Å². The molecule has 11 nitrogen and oxygen atoms in total. The van der Waals surface area contributed by atoms with Crippen LogP contribution in [0.1, 0.15) is 93.4 Å². The number of carbonyl (C=O) groups is 3. The molecule has 2 heterocycles. The molecule has 1 aromatic carbocycles. The van der Waals surface area contributed by atoms with Gasteiger partial charge in [-0.2, -0.15) is 13.2 Å². The maximum Gasteiger partial charge on any atom is 0.428 e. The summed E-state index contributed by atoms with van der Waals surface area (Å²) in [6.07, 6.45) is -3.76. The second-order valence-electron chi connectivity index (χ2n) is 15.9. The van der Waals surface area contributed by atoms with Crippen LogP contribution in [0, 0.1) is 17.3 Å². The molecule has 1 aliphatic heterocycles. The van der Waals surface area contributed by atoms with E-state index in [0.717, 1.165) is 0 Å². The van der Waals surface area contributed by atoms with Gasteiger partial charge in [0.2, 0.25) is 11.5 Å². The van der Waals surface area contributed by atoms with E-state index >= 15 is 0 Å². The molecule has 4 rings (SSSR count). The lowest BCUT2D eigenvalue weighted by Gasteiger charge is -2.39. The number of ether oxygens (including phenoxy) is 4. The van der Waals surface area contributed by atoms with Crippen molar-refractivity contribution < 1.29 is 46.5 Å². The molecular weight excluding hydrogens is 717 g/mol. The van der Waals surface area contributed by atoms with Crippen LogP contribution in [-0.2, 0) is 19.1 Å². The molecule has 2 aromatic rings. The van der Waals surface area contributed by atoms with Crippen LogP contribution in [0.15, 0.2) is 30.9 Å². The third kappa shape index (κ3) is 9.47. The SMILES string of the molecule is C=CCCC[C@@H]1CCCC1(OC(=O)N[C@H](C(=O)N1C[C@H](Oc2nc3cc(OC)ccc3nc2Cl)[C@@H](CC)[C@H]1C(=O)OC(C)(C)C)C(C)(C)C)C(F)(F)F. The Labute approximate surface area is 314 Å². The first-order valence-electron chi connectivity index (χ1n) is 18.0. The maximum absolute atomic E-state index is 14.8. The number of benzene rings is 1. The smallest absolute Gasteiger partial charge is 0.428 e. The number of halogens is 4. The Morgan fingerprint density at radius 1 is 1.13 bits per heavy atom. The zero-order valence-corrected chi connectivity index (χ0v) is 32.5. The Morgan fingerprint density at radius 2 is 1.83 bits per heavy atom. The number of fused-ring (bicyclic) bond motifs is 1. The Bertz CT molecular complexity index is 1660. The van der Waals surface area contributed by atoms with Crippen molar-refractivity contribution in [2.75, 3.05) is 13.7 Å². The highest BCUT2D eigenvalue weighted by Crippen LogP contribution is 2.51. The Hall–Kier alpha value is -3.81. The van der Waals surface area contributed by atoms with Gasteiger partial charge in [0.25, 0.3) is 5.88 Å². The van der Waals surface area contributed by atoms with Gasteiger partial charge in [-0.25, -0.2) is 19.6 Å². The normalized spacial score (nSPS) is 24.1. The van der Waals surface area contributed by atoms with Gasteiger partial charge in [-0.05, 0) is 83.3 Å². The summed E-state index contributed by atoms with van der Waals surface area (Å²) >= 11 is 6.51. The number of unbranched alkanes of at least 4 members (excludes halogenated alkanes) is 1. The molecule has 0 radical (unpaired) electrons. The first-order valence-corrected chi connectivity index (χ1v) is 18.4. The number of likely N-dealkylation sites (tertiary alicyclic amines) is 1. The van der Waals surface area contributed by atoms with Crippen LogP contribution in [0.3, 0.4) is 0 Å². The van der Waals surface area contributed by atoms with Crippen LogP contribution in [-0.4, -0.2) is 82.1 Å². The van der Waals surface area contributed by atoms with Crippen molar-refractivity contribution in [3.8, 4) is 11.6 Å². The summed E-state index contributed by atoms with van der Waals surface area (Å²) < 4.78 is 67.0. The highest BCUT2D eigenvalue weighted by atomic mass is 35.5. The molecule has 0 spiro atoms. The number of rotatable bonds is 12. The minimum atomic E-state index is -4.84. The van der Waals surface area contributed by atoms with Gasteiger partial charge >= 0.3 is 18.2 Å². The fraction of sp³-hybridized carbons (Fsp3) is 0.658. The van der Waals surface area contributed by atoms with Crippen LogP contribution in [0.5, 0.6) is 11.6 Å². The van der Waals surface area contributed by atoms with Crippen molar-refractivity contribution in [2.45, 2.75) is 129 Å². The molecule has 2 aliphatic rings. The number of carbonyl (C=O) groups excluding carboxylic acids is 3. The van der Waals surface area contributed by atoms with Gasteiger partial charge in [0.1, 0.15) is 29.5 Å². The van der Waals surface area contributed by atoms with E-state index in [0.29, 0.717) is 36.0 Å². The number of alkyl halides is 3. The van der Waals surface area contributed by atoms with Crippen molar-refractivity contribution in [2.24, 2.45) is 17.3 Å². The first kappa shape index (κ1) is 41.9. The lowest BCUT2D eigenvalue weighted by molar-refractivity contribution is -0.271. The number of hydrogen-bond donors (Lipinski definition) is 1. The number of hydrogen-bond acceptors (Lipinski definition) is 9. The summed E-state index contributed by atoms with van der Waals surface area (Å²) in [4.78, 5) is 52.3. The van der Waals surface area contributed by atoms with Gasteiger partial charge in [-0.15, -0.1) is 6.58 Å². The van der Waals surface area contributed by atoms with Gasteiger partial charge in [-0.3, -0.25) is 4.79 Å². The molecule has 1 saturated carbocycles. The third-order valence-electron chi connectivity index (χ3n) is 9.91. The van der Waals surface area contributed by atoms with E-state index in [1.54, 1.807) is 65.8 Å². The maximum atomic E-state index is 14.8. The van der Waals surface area contributed by atoms with Gasteiger partial charge in [-0.1, -0.05) is 45.4 Å². The largest absolute Gasteiger partial charge is 0.497 e. The number of aromatic nitrogens is 2. The van der Waals surface area contributed by atoms with E-state index in [2.05, 4.69) is 21.9 Å². The number of methoxy groups -OCH3 is 1. The average Bonchev–Trinajstić information content (AvgIpc) is 3.64. The number of nitrogens with zero attached hydrogens (tertiary/aromatic N) is 3. The van der Waals surface area contributed by atoms with E-state index in [1.807, 2.05) is 6.92 Å². The Balaban J connectivity index is 1.68. The van der Waals surface area contributed by atoms with Gasteiger partial charge in [0.15, 0.2) is 5.15 Å². The molecule has 0 bridgehead atoms. The molecule has 294 valence electrons. The van der Waals surface area contributed by atoms with Crippen molar-refractivity contribution in [3.05, 3.63) is 36.0 Å². The van der Waals surface area contributed by atoms with E-state index in [-0.39, 0.29) is 43.3 Å². The molecule has 1 unspecified atom stereocenters. The van der Waals surface area contributed by atoms with Crippen LogP contribution < -0.4 is 14.8 Å². The average molecular weight is 769 g/mol. The fourth-order valence-electron chi connectivity index (χ4n) is 7.35. The summed E-state index contributed by atoms with van der Waals surface area (Å²) in [6, 6.07) is 2.47. The van der Waals surface area contributed by atoms with Crippen molar-refractivity contribution >= 4 is 40.6 Å². The van der Waals surface area contributed by atoms with Crippen LogP contribution >= 0.6 is 11.6 Å². The summed E-state index contributed by atoms with van der Waals surface area (Å²) in [5, 5.41) is 2.43.